The summed E-state index contributed by atoms with van der Waals surface area (Å²) in [6.45, 7) is -0.536. The van der Waals surface area contributed by atoms with Crippen molar-refractivity contribution in [1.29, 1.82) is 0 Å². The van der Waals surface area contributed by atoms with Crippen molar-refractivity contribution in [1.82, 2.24) is 0 Å². The zero-order valence-corrected chi connectivity index (χ0v) is 13.4. The maximum absolute atomic E-state index is 12.1. The SMILES string of the molecule is O=C(COC(=O)c1ccc([N+](=O)[O-])cc1Cl)c1cc2ccccc2o1. The molecule has 8 heteroatoms. The van der Waals surface area contributed by atoms with Gasteiger partial charge in [-0.2, -0.15) is 0 Å². The smallest absolute Gasteiger partial charge is 0.340 e. The predicted molar refractivity (Wildman–Crippen MR) is 88.9 cm³/mol. The van der Waals surface area contributed by atoms with E-state index in [1.54, 1.807) is 24.3 Å². The molecule has 0 spiro atoms. The number of Topliss-reactive ketones (excluding diaryl/α,β-unsaturated/α-hetero) is 1. The second-order valence-electron chi connectivity index (χ2n) is 5.07. The number of esters is 1. The molecule has 1 heterocycles. The first-order valence-electron chi connectivity index (χ1n) is 7.08. The fraction of sp³-hybridized carbons (Fsp3) is 0.0588. The Morgan fingerprint density at radius 1 is 1.16 bits per heavy atom. The van der Waals surface area contributed by atoms with Crippen molar-refractivity contribution in [3.8, 4) is 0 Å². The van der Waals surface area contributed by atoms with E-state index < -0.39 is 23.3 Å². The first-order valence-corrected chi connectivity index (χ1v) is 7.46. The highest BCUT2D eigenvalue weighted by molar-refractivity contribution is 6.33. The molecule has 3 aromatic rings. The molecule has 1 aromatic heterocycles. The van der Waals surface area contributed by atoms with Crippen LogP contribution in [0.2, 0.25) is 5.02 Å². The molecule has 2 aromatic carbocycles. The minimum absolute atomic E-state index is 0.0651. The van der Waals surface area contributed by atoms with Crippen LogP contribution in [0.25, 0.3) is 11.0 Å². The number of nitro groups is 1. The summed E-state index contributed by atoms with van der Waals surface area (Å²) in [5, 5.41) is 11.3. The molecule has 0 bridgehead atoms. The molecule has 0 fully saturated rings. The fourth-order valence-corrected chi connectivity index (χ4v) is 2.43. The van der Waals surface area contributed by atoms with Gasteiger partial charge in [0, 0.05) is 17.5 Å². The Hall–Kier alpha value is -3.19. The topological polar surface area (TPSA) is 99.7 Å². The van der Waals surface area contributed by atoms with Crippen molar-refractivity contribution in [2.24, 2.45) is 0 Å². The van der Waals surface area contributed by atoms with E-state index in [-0.39, 0.29) is 22.0 Å². The van der Waals surface area contributed by atoms with Gasteiger partial charge in [0.15, 0.2) is 12.4 Å². The number of nitrogens with zero attached hydrogens (tertiary/aromatic N) is 1. The lowest BCUT2D eigenvalue weighted by atomic mass is 10.2. The predicted octanol–water partition coefficient (Wildman–Crippen LogP) is 4.03. The molecule has 25 heavy (non-hydrogen) atoms. The Bertz CT molecular complexity index is 961. The van der Waals surface area contributed by atoms with Crippen molar-refractivity contribution in [3.63, 3.8) is 0 Å². The quantitative estimate of drug-likeness (QED) is 0.295. The number of ether oxygens (including phenoxy) is 1. The molecule has 3 rings (SSSR count). The van der Waals surface area contributed by atoms with E-state index in [0.29, 0.717) is 5.58 Å². The van der Waals surface area contributed by atoms with Crippen LogP contribution >= 0.6 is 11.6 Å². The van der Waals surface area contributed by atoms with Gasteiger partial charge >= 0.3 is 5.97 Å². The van der Waals surface area contributed by atoms with E-state index in [2.05, 4.69) is 0 Å². The molecule has 0 saturated carbocycles. The molecular weight excluding hydrogens is 350 g/mol. The third kappa shape index (κ3) is 3.51. The molecule has 0 aliphatic heterocycles. The number of furan rings is 1. The van der Waals surface area contributed by atoms with Crippen molar-refractivity contribution in [2.75, 3.05) is 6.61 Å². The van der Waals surface area contributed by atoms with Crippen molar-refractivity contribution in [2.45, 2.75) is 0 Å². The second-order valence-corrected chi connectivity index (χ2v) is 5.48. The number of hydrogen-bond acceptors (Lipinski definition) is 6. The summed E-state index contributed by atoms with van der Waals surface area (Å²) in [5.74, 6) is -1.30. The van der Waals surface area contributed by atoms with E-state index in [1.807, 2.05) is 6.07 Å². The molecule has 0 aliphatic carbocycles. The number of carbonyl (C=O) groups is 2. The van der Waals surface area contributed by atoms with Gasteiger partial charge in [0.25, 0.3) is 5.69 Å². The molecule has 0 radical (unpaired) electrons. The van der Waals surface area contributed by atoms with Gasteiger partial charge in [-0.3, -0.25) is 14.9 Å². The van der Waals surface area contributed by atoms with Gasteiger partial charge in [-0.1, -0.05) is 29.8 Å². The van der Waals surface area contributed by atoms with Crippen molar-refractivity contribution in [3.05, 3.63) is 75.0 Å². The lowest BCUT2D eigenvalue weighted by molar-refractivity contribution is -0.384. The van der Waals surface area contributed by atoms with Crippen LogP contribution in [0, 0.1) is 10.1 Å². The number of non-ortho nitro benzene ring substituents is 1. The van der Waals surface area contributed by atoms with Crippen LogP contribution in [0.4, 0.5) is 5.69 Å². The van der Waals surface area contributed by atoms with E-state index >= 15 is 0 Å². The van der Waals surface area contributed by atoms with Gasteiger partial charge in [0.1, 0.15) is 5.58 Å². The van der Waals surface area contributed by atoms with Gasteiger partial charge in [-0.15, -0.1) is 0 Å². The number of benzene rings is 2. The van der Waals surface area contributed by atoms with Crippen LogP contribution in [0.15, 0.2) is 52.9 Å². The number of ketones is 1. The van der Waals surface area contributed by atoms with Crippen LogP contribution in [0.3, 0.4) is 0 Å². The largest absolute Gasteiger partial charge is 0.454 e. The lowest BCUT2D eigenvalue weighted by Gasteiger charge is -2.04. The number of rotatable bonds is 5. The summed E-state index contributed by atoms with van der Waals surface area (Å²) in [6, 6.07) is 12.0. The van der Waals surface area contributed by atoms with Crippen LogP contribution in [0.1, 0.15) is 20.9 Å². The summed E-state index contributed by atoms with van der Waals surface area (Å²) in [6.07, 6.45) is 0. The second kappa shape index (κ2) is 6.74. The number of nitro benzene ring substituents is 1. The van der Waals surface area contributed by atoms with Gasteiger partial charge in [0.2, 0.25) is 5.78 Å². The molecule has 126 valence electrons. The van der Waals surface area contributed by atoms with Crippen molar-refractivity contribution >= 4 is 40.0 Å². The summed E-state index contributed by atoms with van der Waals surface area (Å²) < 4.78 is 10.3. The van der Waals surface area contributed by atoms with E-state index in [9.17, 15) is 19.7 Å². The van der Waals surface area contributed by atoms with E-state index in [4.69, 9.17) is 20.8 Å². The molecule has 0 atom stereocenters. The summed E-state index contributed by atoms with van der Waals surface area (Å²) in [7, 11) is 0. The van der Waals surface area contributed by atoms with Gasteiger partial charge in [-0.25, -0.2) is 4.79 Å². The average molecular weight is 360 g/mol. The zero-order valence-electron chi connectivity index (χ0n) is 12.6. The molecule has 0 N–H and O–H groups in total. The first kappa shape index (κ1) is 16.7. The summed E-state index contributed by atoms with van der Waals surface area (Å²) in [5.41, 5.74) is 0.236. The molecule has 0 unspecified atom stereocenters. The van der Waals surface area contributed by atoms with E-state index in [1.165, 1.54) is 6.07 Å². The van der Waals surface area contributed by atoms with Gasteiger partial charge in [0.05, 0.1) is 15.5 Å². The Kier molecular flexibility index (Phi) is 4.49. The highest BCUT2D eigenvalue weighted by Crippen LogP contribution is 2.23. The van der Waals surface area contributed by atoms with Crippen molar-refractivity contribution < 1.29 is 23.7 Å². The highest BCUT2D eigenvalue weighted by atomic mass is 35.5. The van der Waals surface area contributed by atoms with Gasteiger partial charge in [-0.05, 0) is 18.2 Å². The van der Waals surface area contributed by atoms with Gasteiger partial charge < -0.3 is 9.15 Å². The maximum Gasteiger partial charge on any atom is 0.340 e. The number of fused-ring (bicyclic) bond motifs is 1. The molecule has 7 nitrogen and oxygen atoms in total. The Balaban J connectivity index is 1.69. The lowest BCUT2D eigenvalue weighted by Crippen LogP contribution is -2.14. The van der Waals surface area contributed by atoms with Crippen LogP contribution in [-0.4, -0.2) is 23.3 Å². The maximum atomic E-state index is 12.1. The zero-order chi connectivity index (χ0) is 18.0. The third-order valence-electron chi connectivity index (χ3n) is 3.42. The van der Waals surface area contributed by atoms with Crippen LogP contribution < -0.4 is 0 Å². The summed E-state index contributed by atoms with van der Waals surface area (Å²) >= 11 is 5.85. The minimum Gasteiger partial charge on any atom is -0.454 e. The third-order valence-corrected chi connectivity index (χ3v) is 3.73. The monoisotopic (exact) mass is 359 g/mol. The Morgan fingerprint density at radius 3 is 2.60 bits per heavy atom. The first-order chi connectivity index (χ1) is 12.0. The number of hydrogen-bond donors (Lipinski definition) is 0. The summed E-state index contributed by atoms with van der Waals surface area (Å²) in [4.78, 5) is 34.1. The fourth-order valence-electron chi connectivity index (χ4n) is 2.18. The Morgan fingerprint density at radius 2 is 1.92 bits per heavy atom. The number of halogens is 1. The average Bonchev–Trinajstić information content (AvgIpc) is 3.03. The van der Waals surface area contributed by atoms with Crippen LogP contribution in [-0.2, 0) is 4.74 Å². The minimum atomic E-state index is -0.857. The van der Waals surface area contributed by atoms with E-state index in [0.717, 1.165) is 17.5 Å². The Labute approximate surface area is 145 Å². The number of para-hydroxylation sites is 1. The van der Waals surface area contributed by atoms with Crippen LogP contribution in [0.5, 0.6) is 0 Å². The molecule has 0 aliphatic rings. The standard InChI is InChI=1S/C17H10ClNO6/c18-13-8-11(19(22)23)5-6-12(13)17(21)24-9-14(20)16-7-10-3-1-2-4-15(10)25-16/h1-8H,9H2. The normalized spacial score (nSPS) is 10.6. The molecule has 0 amide bonds. The molecule has 0 saturated heterocycles. The molecular formula is C17H10ClNO6. The number of carbonyl (C=O) groups excluding carboxylic acids is 2. The highest BCUT2D eigenvalue weighted by Gasteiger charge is 2.19.